The van der Waals surface area contributed by atoms with Gasteiger partial charge in [-0.3, -0.25) is 4.79 Å². The molecule has 0 aliphatic heterocycles. The van der Waals surface area contributed by atoms with Crippen molar-refractivity contribution in [2.75, 3.05) is 13.2 Å². The van der Waals surface area contributed by atoms with Gasteiger partial charge in [-0.05, 0) is 29.7 Å². The van der Waals surface area contributed by atoms with Crippen molar-refractivity contribution in [3.63, 3.8) is 0 Å². The predicted octanol–water partition coefficient (Wildman–Crippen LogP) is 4.82. The van der Waals surface area contributed by atoms with E-state index in [-0.39, 0.29) is 28.4 Å². The maximum Gasteiger partial charge on any atom is 0.338 e. The molecule has 30 heavy (non-hydrogen) atoms. The zero-order chi connectivity index (χ0) is 21.3. The van der Waals surface area contributed by atoms with Crippen LogP contribution in [0.25, 0.3) is 0 Å². The lowest BCUT2D eigenvalue weighted by Gasteiger charge is -2.23. The molecule has 3 rings (SSSR count). The summed E-state index contributed by atoms with van der Waals surface area (Å²) in [4.78, 5) is 30.6. The number of ether oxygens (including phenoxy) is 1. The minimum Gasteiger partial charge on any atom is -0.452 e. The standard InChI is InChI=1S/C23H20Cl2N2O3/c24-20-13-19(14-21(25)26-20)23(29)30-16-22(28)27(15-18-9-5-2-6-10-18)12-11-17-7-3-1-4-8-17/h1-10,13-14H,11-12,15-16H2. The fourth-order valence-corrected chi connectivity index (χ4v) is 3.35. The van der Waals surface area contributed by atoms with Crippen molar-refractivity contribution < 1.29 is 14.3 Å². The van der Waals surface area contributed by atoms with Crippen LogP contribution < -0.4 is 0 Å². The van der Waals surface area contributed by atoms with E-state index in [2.05, 4.69) is 4.98 Å². The Balaban J connectivity index is 1.65. The molecule has 1 aromatic heterocycles. The monoisotopic (exact) mass is 442 g/mol. The number of hydrogen-bond donors (Lipinski definition) is 0. The van der Waals surface area contributed by atoms with Gasteiger partial charge in [0.25, 0.3) is 5.91 Å². The van der Waals surface area contributed by atoms with Gasteiger partial charge in [-0.25, -0.2) is 9.78 Å². The van der Waals surface area contributed by atoms with E-state index >= 15 is 0 Å². The van der Waals surface area contributed by atoms with Gasteiger partial charge in [0.05, 0.1) is 5.56 Å². The molecule has 154 valence electrons. The van der Waals surface area contributed by atoms with Gasteiger partial charge in [0.2, 0.25) is 0 Å². The van der Waals surface area contributed by atoms with Crippen LogP contribution in [0.1, 0.15) is 21.5 Å². The lowest BCUT2D eigenvalue weighted by atomic mass is 10.1. The molecule has 0 aliphatic rings. The molecule has 7 heteroatoms. The first kappa shape index (κ1) is 21.8. The molecule has 1 amide bonds. The number of aromatic nitrogens is 1. The van der Waals surface area contributed by atoms with E-state index < -0.39 is 5.97 Å². The maximum atomic E-state index is 12.8. The van der Waals surface area contributed by atoms with Crippen LogP contribution in [0, 0.1) is 0 Å². The van der Waals surface area contributed by atoms with Crippen LogP contribution in [0.15, 0.2) is 72.8 Å². The summed E-state index contributed by atoms with van der Waals surface area (Å²) in [6, 6.07) is 22.3. The van der Waals surface area contributed by atoms with E-state index in [0.717, 1.165) is 11.1 Å². The molecular formula is C23H20Cl2N2O3. The highest BCUT2D eigenvalue weighted by atomic mass is 35.5. The van der Waals surface area contributed by atoms with Gasteiger partial charge in [-0.15, -0.1) is 0 Å². The molecule has 0 fully saturated rings. The Hall–Kier alpha value is -2.89. The van der Waals surface area contributed by atoms with Crippen LogP contribution in [-0.2, 0) is 22.5 Å². The Labute approximate surface area is 185 Å². The average Bonchev–Trinajstić information content (AvgIpc) is 2.75. The lowest BCUT2D eigenvalue weighted by Crippen LogP contribution is -2.35. The second-order valence-electron chi connectivity index (χ2n) is 6.61. The topological polar surface area (TPSA) is 59.5 Å². The van der Waals surface area contributed by atoms with Crippen molar-refractivity contribution in [3.05, 3.63) is 99.8 Å². The highest BCUT2D eigenvalue weighted by Crippen LogP contribution is 2.16. The van der Waals surface area contributed by atoms with Crippen molar-refractivity contribution in [2.24, 2.45) is 0 Å². The number of esters is 1. The molecule has 0 saturated heterocycles. The zero-order valence-electron chi connectivity index (χ0n) is 16.1. The Kier molecular flexibility index (Phi) is 7.82. The second kappa shape index (κ2) is 10.8. The molecule has 1 heterocycles. The van der Waals surface area contributed by atoms with E-state index in [1.54, 1.807) is 4.90 Å². The number of nitrogens with zero attached hydrogens (tertiary/aromatic N) is 2. The van der Waals surface area contributed by atoms with E-state index in [0.29, 0.717) is 19.5 Å². The van der Waals surface area contributed by atoms with Crippen LogP contribution >= 0.6 is 23.2 Å². The minimum absolute atomic E-state index is 0.0781. The first-order chi connectivity index (χ1) is 14.5. The SMILES string of the molecule is O=C(OCC(=O)N(CCc1ccccc1)Cc1ccccc1)c1cc(Cl)nc(Cl)c1. The van der Waals surface area contributed by atoms with E-state index in [9.17, 15) is 9.59 Å². The van der Waals surface area contributed by atoms with Gasteiger partial charge >= 0.3 is 5.97 Å². The molecule has 2 aromatic carbocycles. The summed E-state index contributed by atoms with van der Waals surface area (Å²) in [6.07, 6.45) is 0.697. The molecule has 0 radical (unpaired) electrons. The summed E-state index contributed by atoms with van der Waals surface area (Å²) in [5.41, 5.74) is 2.27. The molecule has 0 bridgehead atoms. The van der Waals surface area contributed by atoms with Crippen LogP contribution in [-0.4, -0.2) is 34.9 Å². The van der Waals surface area contributed by atoms with Crippen molar-refractivity contribution >= 4 is 35.1 Å². The number of hydrogen-bond acceptors (Lipinski definition) is 4. The molecule has 0 spiro atoms. The largest absolute Gasteiger partial charge is 0.452 e. The number of carbonyl (C=O) groups is 2. The minimum atomic E-state index is -0.683. The van der Waals surface area contributed by atoms with E-state index in [1.807, 2.05) is 60.7 Å². The number of halogens is 2. The molecule has 0 N–H and O–H groups in total. The Morgan fingerprint density at radius 3 is 2.03 bits per heavy atom. The third-order valence-electron chi connectivity index (χ3n) is 4.41. The summed E-state index contributed by atoms with van der Waals surface area (Å²) in [6.45, 7) is 0.553. The van der Waals surface area contributed by atoms with Crippen LogP contribution in [0.3, 0.4) is 0 Å². The molecule has 5 nitrogen and oxygen atoms in total. The summed E-state index contributed by atoms with van der Waals surface area (Å²) < 4.78 is 5.20. The van der Waals surface area contributed by atoms with Gasteiger partial charge in [0.15, 0.2) is 6.61 Å². The van der Waals surface area contributed by atoms with E-state index in [1.165, 1.54) is 12.1 Å². The number of pyridine rings is 1. The van der Waals surface area contributed by atoms with Crippen molar-refractivity contribution in [1.82, 2.24) is 9.88 Å². The Morgan fingerprint density at radius 1 is 0.867 bits per heavy atom. The quantitative estimate of drug-likeness (QED) is 0.370. The first-order valence-electron chi connectivity index (χ1n) is 9.37. The summed E-state index contributed by atoms with van der Waals surface area (Å²) >= 11 is 11.6. The van der Waals surface area contributed by atoms with Gasteiger partial charge in [0.1, 0.15) is 10.3 Å². The zero-order valence-corrected chi connectivity index (χ0v) is 17.6. The molecule has 0 aliphatic carbocycles. The third kappa shape index (κ3) is 6.58. The number of amides is 1. The highest BCUT2D eigenvalue weighted by molar-refractivity contribution is 6.32. The Morgan fingerprint density at radius 2 is 1.43 bits per heavy atom. The summed E-state index contributed by atoms with van der Waals surface area (Å²) in [5, 5.41) is 0.156. The predicted molar refractivity (Wildman–Crippen MR) is 117 cm³/mol. The summed E-state index contributed by atoms with van der Waals surface area (Å²) in [5.74, 6) is -0.966. The van der Waals surface area contributed by atoms with Crippen molar-refractivity contribution in [1.29, 1.82) is 0 Å². The lowest BCUT2D eigenvalue weighted by molar-refractivity contribution is -0.135. The van der Waals surface area contributed by atoms with Crippen molar-refractivity contribution in [3.8, 4) is 0 Å². The van der Waals surface area contributed by atoms with E-state index in [4.69, 9.17) is 27.9 Å². The molecule has 0 saturated carbocycles. The van der Waals surface area contributed by atoms with Gasteiger partial charge in [-0.2, -0.15) is 0 Å². The van der Waals surface area contributed by atoms with Crippen LogP contribution in [0.5, 0.6) is 0 Å². The second-order valence-corrected chi connectivity index (χ2v) is 7.39. The third-order valence-corrected chi connectivity index (χ3v) is 4.79. The normalized spacial score (nSPS) is 10.5. The molecular weight excluding hydrogens is 423 g/mol. The van der Waals surface area contributed by atoms with Gasteiger partial charge in [0, 0.05) is 13.1 Å². The van der Waals surface area contributed by atoms with Crippen molar-refractivity contribution in [2.45, 2.75) is 13.0 Å². The first-order valence-corrected chi connectivity index (χ1v) is 10.1. The van der Waals surface area contributed by atoms with Crippen LogP contribution in [0.4, 0.5) is 0 Å². The van der Waals surface area contributed by atoms with Gasteiger partial charge < -0.3 is 9.64 Å². The summed E-state index contributed by atoms with van der Waals surface area (Å²) in [7, 11) is 0. The maximum absolute atomic E-state index is 12.8. The smallest absolute Gasteiger partial charge is 0.338 e. The molecule has 0 unspecified atom stereocenters. The van der Waals surface area contributed by atoms with Gasteiger partial charge in [-0.1, -0.05) is 83.9 Å². The number of carbonyl (C=O) groups excluding carboxylic acids is 2. The average molecular weight is 443 g/mol. The van der Waals surface area contributed by atoms with Crippen LogP contribution in [0.2, 0.25) is 10.3 Å². The fraction of sp³-hybridized carbons (Fsp3) is 0.174. The fourth-order valence-electron chi connectivity index (χ4n) is 2.89. The number of rotatable bonds is 8. The highest BCUT2D eigenvalue weighted by Gasteiger charge is 2.18. The number of benzene rings is 2. The molecule has 3 aromatic rings. The molecule has 0 atom stereocenters. The Bertz CT molecular complexity index is 978.